The van der Waals surface area contributed by atoms with Crippen molar-refractivity contribution in [2.24, 2.45) is 0 Å². The normalized spacial score (nSPS) is 23.4. The van der Waals surface area contributed by atoms with Gasteiger partial charge in [-0.05, 0) is 43.1 Å². The highest BCUT2D eigenvalue weighted by Gasteiger charge is 2.44. The van der Waals surface area contributed by atoms with Gasteiger partial charge in [0.05, 0.1) is 4.90 Å². The smallest absolute Gasteiger partial charge is 0.239 e. The molecule has 0 saturated carbocycles. The Morgan fingerprint density at radius 2 is 1.80 bits per heavy atom. The lowest BCUT2D eigenvalue weighted by Gasteiger charge is -2.33. The van der Waals surface area contributed by atoms with Crippen LogP contribution in [-0.4, -0.2) is 74.6 Å². The maximum atomic E-state index is 13.0. The predicted octanol–water partition coefficient (Wildman–Crippen LogP) is 1.56. The summed E-state index contributed by atoms with van der Waals surface area (Å²) in [4.78, 5) is 30.2. The SMILES string of the molecule is CN1C(CCC(=O)NCc2ccccc2)CNC(=O)C2C1CCN2Cc1ccc(S(C)(=O)=O)cc1. The number of hydrogen-bond donors (Lipinski definition) is 2. The number of benzene rings is 2. The van der Waals surface area contributed by atoms with Crippen molar-refractivity contribution >= 4 is 21.7 Å². The highest BCUT2D eigenvalue weighted by Crippen LogP contribution is 2.28. The number of sulfone groups is 1. The number of nitrogens with one attached hydrogen (secondary N) is 2. The van der Waals surface area contributed by atoms with Crippen molar-refractivity contribution in [2.45, 2.75) is 55.4 Å². The Bertz CT molecular complexity index is 1140. The summed E-state index contributed by atoms with van der Waals surface area (Å²) < 4.78 is 23.5. The number of amides is 2. The molecule has 0 radical (unpaired) electrons. The molecular formula is C26H34N4O4S. The average molecular weight is 499 g/mol. The maximum absolute atomic E-state index is 13.0. The lowest BCUT2D eigenvalue weighted by Crippen LogP contribution is -2.49. The lowest BCUT2D eigenvalue weighted by atomic mass is 10.0. The number of rotatable bonds is 8. The molecule has 4 rings (SSSR count). The molecular weight excluding hydrogens is 464 g/mol. The summed E-state index contributed by atoms with van der Waals surface area (Å²) in [5.41, 5.74) is 2.05. The van der Waals surface area contributed by atoms with Crippen LogP contribution in [0.2, 0.25) is 0 Å². The minimum atomic E-state index is -3.24. The van der Waals surface area contributed by atoms with E-state index in [2.05, 4.69) is 27.5 Å². The molecule has 0 spiro atoms. The molecule has 8 nitrogen and oxygen atoms in total. The molecule has 2 aromatic carbocycles. The molecule has 2 aromatic rings. The van der Waals surface area contributed by atoms with Gasteiger partial charge in [0.2, 0.25) is 11.8 Å². The van der Waals surface area contributed by atoms with Crippen LogP contribution in [0.15, 0.2) is 59.5 Å². The second-order valence-corrected chi connectivity index (χ2v) is 11.6. The summed E-state index contributed by atoms with van der Waals surface area (Å²) in [7, 11) is -1.18. The number of likely N-dealkylation sites (N-methyl/N-ethyl adjacent to an activating group) is 1. The van der Waals surface area contributed by atoms with Crippen molar-refractivity contribution < 1.29 is 18.0 Å². The van der Waals surface area contributed by atoms with Crippen LogP contribution in [0.5, 0.6) is 0 Å². The summed E-state index contributed by atoms with van der Waals surface area (Å²) >= 11 is 0. The summed E-state index contributed by atoms with van der Waals surface area (Å²) in [5, 5.41) is 6.07. The summed E-state index contributed by atoms with van der Waals surface area (Å²) in [6.07, 6.45) is 3.15. The second kappa shape index (κ2) is 10.9. The van der Waals surface area contributed by atoms with Crippen molar-refractivity contribution in [3.8, 4) is 0 Å². The third-order valence-corrected chi connectivity index (χ3v) is 8.25. The van der Waals surface area contributed by atoms with Crippen LogP contribution in [-0.2, 0) is 32.5 Å². The van der Waals surface area contributed by atoms with E-state index < -0.39 is 9.84 Å². The molecule has 9 heteroatoms. The van der Waals surface area contributed by atoms with E-state index in [9.17, 15) is 18.0 Å². The Balaban J connectivity index is 1.34. The van der Waals surface area contributed by atoms with Gasteiger partial charge in [0.15, 0.2) is 9.84 Å². The molecule has 0 aromatic heterocycles. The monoisotopic (exact) mass is 498 g/mol. The van der Waals surface area contributed by atoms with E-state index in [1.807, 2.05) is 42.5 Å². The molecule has 0 bridgehead atoms. The van der Waals surface area contributed by atoms with Crippen LogP contribution < -0.4 is 10.6 Å². The van der Waals surface area contributed by atoms with Crippen LogP contribution in [0.1, 0.15) is 30.4 Å². The lowest BCUT2D eigenvalue weighted by molar-refractivity contribution is -0.126. The van der Waals surface area contributed by atoms with E-state index in [1.54, 1.807) is 12.1 Å². The number of carbonyl (C=O) groups excluding carboxylic acids is 2. The van der Waals surface area contributed by atoms with E-state index >= 15 is 0 Å². The van der Waals surface area contributed by atoms with Gasteiger partial charge in [-0.25, -0.2) is 8.42 Å². The largest absolute Gasteiger partial charge is 0.353 e. The van der Waals surface area contributed by atoms with Gasteiger partial charge >= 0.3 is 0 Å². The fourth-order valence-electron chi connectivity index (χ4n) is 5.09. The molecule has 2 saturated heterocycles. The van der Waals surface area contributed by atoms with Crippen LogP contribution >= 0.6 is 0 Å². The van der Waals surface area contributed by atoms with Crippen LogP contribution in [0.4, 0.5) is 0 Å². The number of hydrogen-bond acceptors (Lipinski definition) is 6. The number of likely N-dealkylation sites (tertiary alicyclic amines) is 1. The van der Waals surface area contributed by atoms with Crippen molar-refractivity contribution in [1.29, 1.82) is 0 Å². The van der Waals surface area contributed by atoms with E-state index in [4.69, 9.17) is 0 Å². The Hall–Kier alpha value is -2.75. The van der Waals surface area contributed by atoms with Gasteiger partial charge in [-0.3, -0.25) is 19.4 Å². The zero-order valence-electron chi connectivity index (χ0n) is 20.3. The number of nitrogens with zero attached hydrogens (tertiary/aromatic N) is 2. The molecule has 0 aliphatic carbocycles. The quantitative estimate of drug-likeness (QED) is 0.573. The van der Waals surface area contributed by atoms with Gasteiger partial charge in [0.1, 0.15) is 6.04 Å². The molecule has 3 unspecified atom stereocenters. The molecule has 2 aliphatic rings. The molecule has 2 fully saturated rings. The third-order valence-electron chi connectivity index (χ3n) is 7.12. The van der Waals surface area contributed by atoms with Crippen LogP contribution in [0.25, 0.3) is 0 Å². The van der Waals surface area contributed by atoms with Gasteiger partial charge in [-0.1, -0.05) is 42.5 Å². The second-order valence-electron chi connectivity index (χ2n) is 9.55. The molecule has 188 valence electrons. The Kier molecular flexibility index (Phi) is 7.88. The Labute approximate surface area is 207 Å². The number of fused-ring (bicyclic) bond motifs is 1. The van der Waals surface area contributed by atoms with Gasteiger partial charge in [-0.2, -0.15) is 0 Å². The van der Waals surface area contributed by atoms with E-state index in [0.29, 0.717) is 37.4 Å². The highest BCUT2D eigenvalue weighted by atomic mass is 32.2. The summed E-state index contributed by atoms with van der Waals surface area (Å²) in [5.74, 6) is 0.0306. The first kappa shape index (κ1) is 25.3. The first-order valence-corrected chi connectivity index (χ1v) is 13.9. The highest BCUT2D eigenvalue weighted by molar-refractivity contribution is 7.90. The van der Waals surface area contributed by atoms with E-state index in [1.165, 1.54) is 6.26 Å². The minimum absolute atomic E-state index is 0.0139. The van der Waals surface area contributed by atoms with E-state index in [0.717, 1.165) is 24.1 Å². The predicted molar refractivity (Wildman–Crippen MR) is 134 cm³/mol. The maximum Gasteiger partial charge on any atom is 0.239 e. The minimum Gasteiger partial charge on any atom is -0.353 e. The molecule has 2 heterocycles. The first-order valence-electron chi connectivity index (χ1n) is 12.1. The fraction of sp³-hybridized carbons (Fsp3) is 0.462. The first-order chi connectivity index (χ1) is 16.7. The molecule has 3 atom stereocenters. The van der Waals surface area contributed by atoms with Gasteiger partial charge in [-0.15, -0.1) is 0 Å². The Morgan fingerprint density at radius 1 is 1.09 bits per heavy atom. The summed E-state index contributed by atoms with van der Waals surface area (Å²) in [6.45, 7) is 2.40. The fourth-order valence-corrected chi connectivity index (χ4v) is 5.72. The van der Waals surface area contributed by atoms with Crippen molar-refractivity contribution in [3.63, 3.8) is 0 Å². The molecule has 35 heavy (non-hydrogen) atoms. The molecule has 2 aliphatic heterocycles. The standard InChI is InChI=1S/C26H34N4O4S/c1-29-21(10-13-24(31)27-16-19-6-4-3-5-7-19)17-28-26(32)25-23(29)14-15-30(25)18-20-8-11-22(12-9-20)35(2,33)34/h3-9,11-12,21,23,25H,10,13-18H2,1-2H3,(H,27,31)(H,28,32). The average Bonchev–Trinajstić information content (AvgIpc) is 3.21. The topological polar surface area (TPSA) is 98.8 Å². The summed E-state index contributed by atoms with van der Waals surface area (Å²) in [6, 6.07) is 16.6. The van der Waals surface area contributed by atoms with Crippen molar-refractivity contribution in [2.75, 3.05) is 26.4 Å². The zero-order chi connectivity index (χ0) is 25.0. The zero-order valence-corrected chi connectivity index (χ0v) is 21.1. The van der Waals surface area contributed by atoms with Gasteiger partial charge in [0.25, 0.3) is 0 Å². The van der Waals surface area contributed by atoms with Crippen molar-refractivity contribution in [1.82, 2.24) is 20.4 Å². The number of carbonyl (C=O) groups is 2. The molecule has 2 amide bonds. The Morgan fingerprint density at radius 3 is 2.49 bits per heavy atom. The van der Waals surface area contributed by atoms with Gasteiger partial charge < -0.3 is 10.6 Å². The van der Waals surface area contributed by atoms with Crippen molar-refractivity contribution in [3.05, 3.63) is 65.7 Å². The van der Waals surface area contributed by atoms with Gasteiger partial charge in [0, 0.05) is 50.9 Å². The third kappa shape index (κ3) is 6.28. The van der Waals surface area contributed by atoms with Crippen LogP contribution in [0.3, 0.4) is 0 Å². The van der Waals surface area contributed by atoms with Crippen LogP contribution in [0, 0.1) is 0 Å². The van der Waals surface area contributed by atoms with E-state index in [-0.39, 0.29) is 29.9 Å². The molecule has 2 N–H and O–H groups in total.